The average Bonchev–Trinajstić information content (AvgIpc) is 3.57. The molecule has 0 spiro atoms. The van der Waals surface area contributed by atoms with E-state index in [1.165, 1.54) is 24.9 Å². The number of nitrogens with one attached hydrogen (secondary N) is 1. The molecule has 198 valence electrons. The number of nitrogens with zero attached hydrogens (tertiary/aromatic N) is 4. The highest BCUT2D eigenvalue weighted by Crippen LogP contribution is 2.37. The summed E-state index contributed by atoms with van der Waals surface area (Å²) < 4.78 is 31.7. The lowest BCUT2D eigenvalue weighted by molar-refractivity contribution is 0.142. The summed E-state index contributed by atoms with van der Waals surface area (Å²) in [5.41, 5.74) is 1.30. The van der Waals surface area contributed by atoms with E-state index in [2.05, 4.69) is 39.2 Å². The van der Waals surface area contributed by atoms with Crippen molar-refractivity contribution in [2.24, 2.45) is 0 Å². The van der Waals surface area contributed by atoms with Crippen LogP contribution in [0.5, 0.6) is 11.5 Å². The number of hydrogen-bond acceptors (Lipinski definition) is 8. The van der Waals surface area contributed by atoms with Crippen LogP contribution >= 0.6 is 11.6 Å². The zero-order chi connectivity index (χ0) is 25.8. The van der Waals surface area contributed by atoms with E-state index < -0.39 is 5.82 Å². The Morgan fingerprint density at radius 3 is 2.86 bits per heavy atom. The second-order valence-electron chi connectivity index (χ2n) is 9.80. The summed E-state index contributed by atoms with van der Waals surface area (Å²) in [4.78, 5) is 13.7. The summed E-state index contributed by atoms with van der Waals surface area (Å²) >= 11 is 5.98. The van der Waals surface area contributed by atoms with Gasteiger partial charge in [-0.05, 0) is 51.7 Å². The zero-order valence-corrected chi connectivity index (χ0v) is 22.0. The molecular formula is C27H33ClFN5O3. The second-order valence-corrected chi connectivity index (χ2v) is 10.2. The Morgan fingerprint density at radius 1 is 1.22 bits per heavy atom. The van der Waals surface area contributed by atoms with Crippen molar-refractivity contribution >= 4 is 34.0 Å². The van der Waals surface area contributed by atoms with Crippen LogP contribution in [0.2, 0.25) is 5.02 Å². The molecule has 0 aliphatic carbocycles. The molecule has 3 heterocycles. The topological polar surface area (TPSA) is 72.0 Å². The second kappa shape index (κ2) is 11.8. The van der Waals surface area contributed by atoms with Crippen LogP contribution in [0.4, 0.5) is 15.9 Å². The smallest absolute Gasteiger partial charge is 0.145 e. The molecule has 2 aliphatic heterocycles. The lowest BCUT2D eigenvalue weighted by Gasteiger charge is -2.20. The highest BCUT2D eigenvalue weighted by molar-refractivity contribution is 6.31. The van der Waals surface area contributed by atoms with E-state index in [1.807, 2.05) is 12.1 Å². The SMILES string of the molecule is CN(C)C1CCN(CCCOc2cc(OC3CCOC3)c3c(Nc4ccc(F)c(Cl)c4)ncnc3c2)C1. The number of rotatable bonds is 10. The summed E-state index contributed by atoms with van der Waals surface area (Å²) in [6.07, 6.45) is 4.38. The van der Waals surface area contributed by atoms with E-state index in [4.69, 9.17) is 25.8 Å². The van der Waals surface area contributed by atoms with Crippen molar-refractivity contribution in [1.29, 1.82) is 0 Å². The average molecular weight is 530 g/mol. The van der Waals surface area contributed by atoms with Gasteiger partial charge in [0.15, 0.2) is 0 Å². The minimum atomic E-state index is -0.478. The van der Waals surface area contributed by atoms with E-state index in [9.17, 15) is 4.39 Å². The van der Waals surface area contributed by atoms with Crippen LogP contribution < -0.4 is 14.8 Å². The van der Waals surface area contributed by atoms with Crippen LogP contribution in [0.1, 0.15) is 19.3 Å². The van der Waals surface area contributed by atoms with Gasteiger partial charge in [0.05, 0.1) is 35.7 Å². The fourth-order valence-corrected chi connectivity index (χ4v) is 4.99. The number of halogens is 2. The van der Waals surface area contributed by atoms with Crippen LogP contribution in [0, 0.1) is 5.82 Å². The molecule has 0 saturated carbocycles. The minimum absolute atomic E-state index is 0.0322. The Hall–Kier alpha value is -2.72. The molecule has 2 aliphatic rings. The lowest BCUT2D eigenvalue weighted by atomic mass is 10.2. The summed E-state index contributed by atoms with van der Waals surface area (Å²) in [5, 5.41) is 3.98. The molecule has 3 aromatic rings. The van der Waals surface area contributed by atoms with Gasteiger partial charge in [0.2, 0.25) is 0 Å². The standard InChI is InChI=1S/C27H33ClFN5O3/c1-33(2)19-6-9-34(15-19)8-3-10-36-21-13-24-26(25(14-21)37-20-7-11-35-16-20)27(31-17-30-24)32-18-4-5-23(29)22(28)12-18/h4-5,12-14,17,19-20H,3,6-11,15-16H2,1-2H3,(H,30,31,32). The molecule has 2 aromatic carbocycles. The summed E-state index contributed by atoms with van der Waals surface area (Å²) in [7, 11) is 4.29. The van der Waals surface area contributed by atoms with Gasteiger partial charge >= 0.3 is 0 Å². The maximum atomic E-state index is 13.7. The molecule has 2 saturated heterocycles. The molecule has 0 bridgehead atoms. The molecule has 0 radical (unpaired) electrons. The fourth-order valence-electron chi connectivity index (χ4n) is 4.81. The molecule has 2 fully saturated rings. The molecule has 5 rings (SSSR count). The molecule has 8 nitrogen and oxygen atoms in total. The Balaban J connectivity index is 1.33. The number of benzene rings is 2. The first-order chi connectivity index (χ1) is 18.0. The van der Waals surface area contributed by atoms with Crippen LogP contribution in [-0.4, -0.2) is 85.5 Å². The van der Waals surface area contributed by atoms with Gasteiger partial charge in [0, 0.05) is 43.4 Å². The third kappa shape index (κ3) is 6.41. The van der Waals surface area contributed by atoms with Gasteiger partial charge in [-0.2, -0.15) is 0 Å². The lowest BCUT2D eigenvalue weighted by Crippen LogP contribution is -2.32. The molecule has 37 heavy (non-hydrogen) atoms. The molecule has 2 atom stereocenters. The monoisotopic (exact) mass is 529 g/mol. The van der Waals surface area contributed by atoms with Gasteiger partial charge in [-0.15, -0.1) is 0 Å². The van der Waals surface area contributed by atoms with Crippen LogP contribution in [-0.2, 0) is 4.74 Å². The number of ether oxygens (including phenoxy) is 3. The molecular weight excluding hydrogens is 497 g/mol. The first-order valence-corrected chi connectivity index (χ1v) is 13.1. The minimum Gasteiger partial charge on any atom is -0.493 e. The van der Waals surface area contributed by atoms with Crippen LogP contribution in [0.3, 0.4) is 0 Å². The summed E-state index contributed by atoms with van der Waals surface area (Å²) in [6, 6.07) is 8.87. The molecule has 1 N–H and O–H groups in total. The highest BCUT2D eigenvalue weighted by Gasteiger charge is 2.24. The van der Waals surface area contributed by atoms with Crippen molar-refractivity contribution in [1.82, 2.24) is 19.8 Å². The Morgan fingerprint density at radius 2 is 2.11 bits per heavy atom. The van der Waals surface area contributed by atoms with Gasteiger partial charge in [0.1, 0.15) is 35.6 Å². The van der Waals surface area contributed by atoms with Crippen molar-refractivity contribution in [3.8, 4) is 11.5 Å². The highest BCUT2D eigenvalue weighted by atomic mass is 35.5. The number of anilines is 2. The largest absolute Gasteiger partial charge is 0.493 e. The number of aromatic nitrogens is 2. The molecule has 0 amide bonds. The van der Waals surface area contributed by atoms with Crippen LogP contribution in [0.25, 0.3) is 10.9 Å². The zero-order valence-electron chi connectivity index (χ0n) is 21.3. The quantitative estimate of drug-likeness (QED) is 0.378. The van der Waals surface area contributed by atoms with Crippen molar-refractivity contribution < 1.29 is 18.6 Å². The number of likely N-dealkylation sites (tertiary alicyclic amines) is 1. The summed E-state index contributed by atoms with van der Waals surface area (Å²) in [5.74, 6) is 1.38. The van der Waals surface area contributed by atoms with Gasteiger partial charge in [-0.3, -0.25) is 0 Å². The number of fused-ring (bicyclic) bond motifs is 1. The van der Waals surface area contributed by atoms with Crippen molar-refractivity contribution in [3.05, 3.63) is 47.5 Å². The summed E-state index contributed by atoms with van der Waals surface area (Å²) in [6.45, 7) is 5.05. The third-order valence-corrected chi connectivity index (χ3v) is 7.19. The van der Waals surface area contributed by atoms with E-state index in [1.54, 1.807) is 6.07 Å². The Kier molecular flexibility index (Phi) is 8.24. The van der Waals surface area contributed by atoms with Crippen molar-refractivity contribution in [2.45, 2.75) is 31.4 Å². The number of hydrogen-bond donors (Lipinski definition) is 1. The predicted molar refractivity (Wildman–Crippen MR) is 143 cm³/mol. The normalized spacial score (nSPS) is 20.1. The van der Waals surface area contributed by atoms with Gasteiger partial charge in [0.25, 0.3) is 0 Å². The molecule has 2 unspecified atom stereocenters. The fraction of sp³-hybridized carbons (Fsp3) is 0.481. The maximum Gasteiger partial charge on any atom is 0.145 e. The van der Waals surface area contributed by atoms with Gasteiger partial charge < -0.3 is 29.3 Å². The molecule has 10 heteroatoms. The van der Waals surface area contributed by atoms with E-state index in [0.717, 1.165) is 32.5 Å². The van der Waals surface area contributed by atoms with Crippen LogP contribution in [0.15, 0.2) is 36.7 Å². The van der Waals surface area contributed by atoms with E-state index >= 15 is 0 Å². The first kappa shape index (κ1) is 25.9. The van der Waals surface area contributed by atoms with E-state index in [0.29, 0.717) is 59.8 Å². The van der Waals surface area contributed by atoms with Gasteiger partial charge in [-0.1, -0.05) is 11.6 Å². The van der Waals surface area contributed by atoms with Crippen molar-refractivity contribution in [2.75, 3.05) is 58.9 Å². The van der Waals surface area contributed by atoms with Gasteiger partial charge in [-0.25, -0.2) is 14.4 Å². The Labute approximate surface area is 221 Å². The Bertz CT molecular complexity index is 1220. The third-order valence-electron chi connectivity index (χ3n) is 6.90. The maximum absolute atomic E-state index is 13.7. The predicted octanol–water partition coefficient (Wildman–Crippen LogP) is 4.74. The van der Waals surface area contributed by atoms with Crippen molar-refractivity contribution in [3.63, 3.8) is 0 Å². The van der Waals surface area contributed by atoms with E-state index in [-0.39, 0.29) is 11.1 Å². The molecule has 1 aromatic heterocycles. The first-order valence-electron chi connectivity index (χ1n) is 12.7. The number of likely N-dealkylation sites (N-methyl/N-ethyl adjacent to an activating group) is 1.